The molecule has 2 aromatic rings. The fraction of sp³-hybridized carbons (Fsp3) is 0.429. The molecular formula is C21H29F3N4O. The minimum Gasteiger partial charge on any atom is -0.389 e. The number of ether oxygens (including phenoxy) is 1. The van der Waals surface area contributed by atoms with Crippen LogP contribution < -0.4 is 10.6 Å². The van der Waals surface area contributed by atoms with Gasteiger partial charge in [0.05, 0.1) is 6.10 Å². The summed E-state index contributed by atoms with van der Waals surface area (Å²) in [5.74, 6) is -0.0662. The Morgan fingerprint density at radius 2 is 2.00 bits per heavy atom. The highest BCUT2D eigenvalue weighted by Crippen LogP contribution is 2.30. The molecule has 5 nitrogen and oxygen atoms in total. The molecule has 0 unspecified atom stereocenters. The summed E-state index contributed by atoms with van der Waals surface area (Å²) in [6, 6.07) is 7.23. The summed E-state index contributed by atoms with van der Waals surface area (Å²) >= 11 is 0. The molecule has 1 heterocycles. The van der Waals surface area contributed by atoms with Crippen LogP contribution in [0.15, 0.2) is 43.2 Å². The van der Waals surface area contributed by atoms with E-state index in [1.807, 2.05) is 13.0 Å². The van der Waals surface area contributed by atoms with Gasteiger partial charge in [-0.05, 0) is 49.7 Å². The van der Waals surface area contributed by atoms with Crippen LogP contribution in [0.2, 0.25) is 0 Å². The first-order valence-corrected chi connectivity index (χ1v) is 9.32. The van der Waals surface area contributed by atoms with Crippen molar-refractivity contribution in [2.75, 3.05) is 19.0 Å². The Morgan fingerprint density at radius 3 is 2.55 bits per heavy atom. The molecule has 0 aliphatic rings. The van der Waals surface area contributed by atoms with Crippen molar-refractivity contribution >= 4 is 11.6 Å². The molecule has 0 saturated carbocycles. The van der Waals surface area contributed by atoms with Crippen molar-refractivity contribution in [1.82, 2.24) is 15.3 Å². The molecule has 1 aromatic heterocycles. The minimum atomic E-state index is -4.48. The van der Waals surface area contributed by atoms with Gasteiger partial charge in [-0.1, -0.05) is 32.1 Å². The number of benzene rings is 1. The van der Waals surface area contributed by atoms with E-state index in [0.717, 1.165) is 31.1 Å². The van der Waals surface area contributed by atoms with Gasteiger partial charge < -0.3 is 15.4 Å². The minimum absolute atomic E-state index is 0.00212. The van der Waals surface area contributed by atoms with E-state index in [-0.39, 0.29) is 11.5 Å². The highest BCUT2D eigenvalue weighted by molar-refractivity contribution is 5.54. The highest BCUT2D eigenvalue weighted by Gasteiger charge is 2.34. The fourth-order valence-corrected chi connectivity index (χ4v) is 2.48. The van der Waals surface area contributed by atoms with Crippen LogP contribution in [0.5, 0.6) is 0 Å². The highest BCUT2D eigenvalue weighted by atomic mass is 19.4. The summed E-state index contributed by atoms with van der Waals surface area (Å²) < 4.78 is 43.3. The largest absolute Gasteiger partial charge is 0.433 e. The third-order valence-electron chi connectivity index (χ3n) is 3.95. The van der Waals surface area contributed by atoms with Gasteiger partial charge in [0.2, 0.25) is 5.95 Å². The van der Waals surface area contributed by atoms with Crippen LogP contribution in [0.3, 0.4) is 0 Å². The number of hydrogen-bond acceptors (Lipinski definition) is 5. The second-order valence-corrected chi connectivity index (χ2v) is 6.48. The number of aromatic nitrogens is 2. The molecule has 29 heavy (non-hydrogen) atoms. The Balaban J connectivity index is 0.000000359. The van der Waals surface area contributed by atoms with Crippen LogP contribution >= 0.6 is 0 Å². The van der Waals surface area contributed by atoms with E-state index >= 15 is 0 Å². The Hall–Kier alpha value is -2.61. The Kier molecular flexibility index (Phi) is 10.2. The summed E-state index contributed by atoms with van der Waals surface area (Å²) in [4.78, 5) is 7.38. The van der Waals surface area contributed by atoms with Gasteiger partial charge in [-0.25, -0.2) is 9.97 Å². The second-order valence-electron chi connectivity index (χ2n) is 6.48. The maximum Gasteiger partial charge on any atom is 0.433 e. The van der Waals surface area contributed by atoms with E-state index in [9.17, 15) is 13.2 Å². The number of methoxy groups -OCH3 is 1. The van der Waals surface area contributed by atoms with Crippen molar-refractivity contribution < 1.29 is 17.9 Å². The molecule has 0 aliphatic carbocycles. The van der Waals surface area contributed by atoms with E-state index in [0.29, 0.717) is 11.8 Å². The smallest absolute Gasteiger partial charge is 0.389 e. The zero-order valence-electron chi connectivity index (χ0n) is 17.3. The number of alkyl halides is 3. The molecule has 0 fully saturated rings. The van der Waals surface area contributed by atoms with Gasteiger partial charge in [0, 0.05) is 25.5 Å². The maximum atomic E-state index is 12.7. The first kappa shape index (κ1) is 24.4. The molecule has 0 aliphatic heterocycles. The van der Waals surface area contributed by atoms with Crippen LogP contribution in [-0.2, 0) is 10.9 Å². The molecule has 2 rings (SSSR count). The molecule has 1 aromatic carbocycles. The number of nitrogens with one attached hydrogen (secondary N) is 2. The Morgan fingerprint density at radius 1 is 1.28 bits per heavy atom. The number of aryl methyl sites for hydroxylation is 2. The number of hydrogen-bond donors (Lipinski definition) is 2. The first-order chi connectivity index (χ1) is 13.7. The summed E-state index contributed by atoms with van der Waals surface area (Å²) in [5, 5.41) is 5.79. The van der Waals surface area contributed by atoms with Crippen molar-refractivity contribution in [3.05, 3.63) is 60.1 Å². The van der Waals surface area contributed by atoms with E-state index < -0.39 is 11.9 Å². The number of anilines is 2. The molecule has 0 amide bonds. The third-order valence-corrected chi connectivity index (χ3v) is 3.95. The van der Waals surface area contributed by atoms with Gasteiger partial charge in [-0.3, -0.25) is 0 Å². The lowest BCUT2D eigenvalue weighted by Gasteiger charge is -2.13. The normalized spacial score (nSPS) is 11.8. The molecular weight excluding hydrogens is 381 g/mol. The van der Waals surface area contributed by atoms with Gasteiger partial charge in [-0.15, -0.1) is 0 Å². The van der Waals surface area contributed by atoms with Crippen molar-refractivity contribution in [3.8, 4) is 0 Å². The first-order valence-electron chi connectivity index (χ1n) is 9.32. The average Bonchev–Trinajstić information content (AvgIpc) is 2.66. The van der Waals surface area contributed by atoms with Crippen LogP contribution in [0.4, 0.5) is 24.8 Å². The van der Waals surface area contributed by atoms with Gasteiger partial charge >= 0.3 is 6.18 Å². The third kappa shape index (κ3) is 8.95. The number of halogens is 3. The van der Waals surface area contributed by atoms with Crippen molar-refractivity contribution in [3.63, 3.8) is 0 Å². The molecule has 0 bridgehead atoms. The second kappa shape index (κ2) is 12.1. The molecule has 0 saturated heterocycles. The number of rotatable bonds is 8. The lowest BCUT2D eigenvalue weighted by atomic mass is 10.2. The van der Waals surface area contributed by atoms with Crippen LogP contribution in [0.25, 0.3) is 0 Å². The van der Waals surface area contributed by atoms with Gasteiger partial charge in [0.15, 0.2) is 5.69 Å². The monoisotopic (exact) mass is 410 g/mol. The molecule has 0 radical (unpaired) electrons. The van der Waals surface area contributed by atoms with Crippen molar-refractivity contribution in [1.29, 1.82) is 0 Å². The van der Waals surface area contributed by atoms with E-state index in [4.69, 9.17) is 4.74 Å². The maximum absolute atomic E-state index is 12.7. The summed E-state index contributed by atoms with van der Waals surface area (Å²) in [6.45, 7) is 9.81. The predicted octanol–water partition coefficient (Wildman–Crippen LogP) is 5.39. The van der Waals surface area contributed by atoms with Gasteiger partial charge in [0.1, 0.15) is 0 Å². The van der Waals surface area contributed by atoms with E-state index in [1.54, 1.807) is 31.5 Å². The quantitative estimate of drug-likeness (QED) is 0.611. The standard InChI is InChI=1S/C13H12F3N3.C8H17NO/c1-8-4-3-5-10(6-8)18-12-17-7-9(2)11(19-12)13(14,15)16;1-4-6-8(10-3)7-9-5-2/h3-7H,1-2H3,(H,17,18,19);5,8-9H,2,4,6-7H2,1,3H3/t;8-/m.1/s1. The van der Waals surface area contributed by atoms with Gasteiger partial charge in [0.25, 0.3) is 0 Å². The van der Waals surface area contributed by atoms with Crippen LogP contribution in [-0.4, -0.2) is 29.7 Å². The van der Waals surface area contributed by atoms with Crippen molar-refractivity contribution in [2.45, 2.75) is 45.9 Å². The number of nitrogens with zero attached hydrogens (tertiary/aromatic N) is 2. The summed E-state index contributed by atoms with van der Waals surface area (Å²) in [5.41, 5.74) is 0.727. The predicted molar refractivity (Wildman–Crippen MR) is 110 cm³/mol. The summed E-state index contributed by atoms with van der Waals surface area (Å²) in [6.07, 6.45) is 0.989. The molecule has 2 N–H and O–H groups in total. The topological polar surface area (TPSA) is 59.1 Å². The fourth-order valence-electron chi connectivity index (χ4n) is 2.48. The molecule has 160 valence electrons. The van der Waals surface area contributed by atoms with E-state index in [1.165, 1.54) is 6.92 Å². The lowest BCUT2D eigenvalue weighted by molar-refractivity contribution is -0.141. The zero-order valence-corrected chi connectivity index (χ0v) is 17.3. The van der Waals surface area contributed by atoms with Gasteiger partial charge in [-0.2, -0.15) is 13.2 Å². The zero-order chi connectivity index (χ0) is 21.9. The lowest BCUT2D eigenvalue weighted by Crippen LogP contribution is -2.24. The van der Waals surface area contributed by atoms with Crippen LogP contribution in [0, 0.1) is 13.8 Å². The van der Waals surface area contributed by atoms with Crippen LogP contribution in [0.1, 0.15) is 36.6 Å². The Labute approximate surface area is 170 Å². The summed E-state index contributed by atoms with van der Waals surface area (Å²) in [7, 11) is 1.74. The molecule has 0 spiro atoms. The molecule has 1 atom stereocenters. The average molecular weight is 410 g/mol. The van der Waals surface area contributed by atoms with Crippen molar-refractivity contribution in [2.24, 2.45) is 0 Å². The molecule has 8 heteroatoms. The SMILES string of the molecule is C=CNC[C@@H](CCC)OC.Cc1cccc(Nc2ncc(C)c(C(F)(F)F)n2)c1. The van der Waals surface area contributed by atoms with E-state index in [2.05, 4.69) is 34.1 Å². The Bertz CT molecular complexity index is 766.